The maximum absolute atomic E-state index is 11.4. The van der Waals surface area contributed by atoms with E-state index in [2.05, 4.69) is 6.58 Å². The van der Waals surface area contributed by atoms with Crippen LogP contribution >= 0.6 is 0 Å². The average Bonchev–Trinajstić information content (AvgIpc) is 2.22. The zero-order chi connectivity index (χ0) is 10.4. The van der Waals surface area contributed by atoms with Crippen molar-refractivity contribution in [2.24, 2.45) is 23.7 Å². The lowest BCUT2D eigenvalue weighted by atomic mass is 9.54. The molecule has 0 atom stereocenters. The molecule has 15 heavy (non-hydrogen) atoms. The number of hydrogen-bond acceptors (Lipinski definition) is 1. The molecule has 80 valence electrons. The molecule has 0 N–H and O–H groups in total. The molecular formula is C14H18O. The van der Waals surface area contributed by atoms with Gasteiger partial charge in [-0.3, -0.25) is 4.79 Å². The van der Waals surface area contributed by atoms with Crippen LogP contribution in [0.5, 0.6) is 0 Å². The quantitative estimate of drug-likeness (QED) is 0.629. The summed E-state index contributed by atoms with van der Waals surface area (Å²) in [5.41, 5.74) is 1.46. The van der Waals surface area contributed by atoms with Gasteiger partial charge < -0.3 is 0 Å². The highest BCUT2D eigenvalue weighted by atomic mass is 16.1. The highest BCUT2D eigenvalue weighted by molar-refractivity contribution is 5.99. The summed E-state index contributed by atoms with van der Waals surface area (Å²) in [4.78, 5) is 11.4. The Kier molecular flexibility index (Phi) is 2.08. The van der Waals surface area contributed by atoms with Crippen LogP contribution < -0.4 is 0 Å². The Morgan fingerprint density at radius 2 is 1.60 bits per heavy atom. The summed E-state index contributed by atoms with van der Waals surface area (Å²) in [6, 6.07) is 0. The predicted molar refractivity (Wildman–Crippen MR) is 60.3 cm³/mol. The van der Waals surface area contributed by atoms with E-state index < -0.39 is 0 Å². The van der Waals surface area contributed by atoms with Crippen LogP contribution in [0, 0.1) is 23.7 Å². The predicted octanol–water partition coefficient (Wildman–Crippen LogP) is 3.12. The van der Waals surface area contributed by atoms with Gasteiger partial charge in [-0.25, -0.2) is 0 Å². The lowest BCUT2D eigenvalue weighted by Crippen LogP contribution is -2.40. The Hall–Kier alpha value is -0.850. The fraction of sp³-hybridized carbons (Fsp3) is 0.643. The van der Waals surface area contributed by atoms with Crippen molar-refractivity contribution in [3.8, 4) is 0 Å². The minimum absolute atomic E-state index is 0.109. The summed E-state index contributed by atoms with van der Waals surface area (Å²) in [5, 5.41) is 0. The van der Waals surface area contributed by atoms with Crippen molar-refractivity contribution in [1.29, 1.82) is 0 Å². The maximum Gasteiger partial charge on any atom is 0.178 e. The molecule has 0 aromatic heterocycles. The lowest BCUT2D eigenvalue weighted by molar-refractivity contribution is -0.110. The van der Waals surface area contributed by atoms with Crippen molar-refractivity contribution in [3.05, 3.63) is 24.3 Å². The van der Waals surface area contributed by atoms with E-state index in [-0.39, 0.29) is 5.78 Å². The molecule has 4 fully saturated rings. The van der Waals surface area contributed by atoms with Crippen molar-refractivity contribution in [2.45, 2.75) is 32.1 Å². The molecule has 1 nitrogen and oxygen atoms in total. The molecule has 4 bridgehead atoms. The molecule has 4 rings (SSSR count). The first-order valence-electron chi connectivity index (χ1n) is 6.14. The summed E-state index contributed by atoms with van der Waals surface area (Å²) in [6.07, 6.45) is 10.2. The Bertz CT molecular complexity index is 307. The van der Waals surface area contributed by atoms with Crippen LogP contribution in [0.3, 0.4) is 0 Å². The van der Waals surface area contributed by atoms with Gasteiger partial charge in [0.15, 0.2) is 5.78 Å². The molecule has 0 amide bonds. The van der Waals surface area contributed by atoms with Crippen LogP contribution in [0.25, 0.3) is 0 Å². The van der Waals surface area contributed by atoms with Crippen LogP contribution in [0.1, 0.15) is 32.1 Å². The van der Waals surface area contributed by atoms with Gasteiger partial charge in [0.05, 0.1) is 0 Å². The Balaban J connectivity index is 1.88. The minimum Gasteiger partial charge on any atom is -0.290 e. The van der Waals surface area contributed by atoms with Crippen molar-refractivity contribution in [1.82, 2.24) is 0 Å². The van der Waals surface area contributed by atoms with E-state index >= 15 is 0 Å². The van der Waals surface area contributed by atoms with Crippen molar-refractivity contribution < 1.29 is 4.79 Å². The summed E-state index contributed by atoms with van der Waals surface area (Å²) >= 11 is 0. The molecule has 4 aliphatic rings. The first kappa shape index (κ1) is 9.38. The van der Waals surface area contributed by atoms with Crippen LogP contribution in [-0.2, 0) is 4.79 Å². The van der Waals surface area contributed by atoms with Crippen molar-refractivity contribution >= 4 is 5.78 Å². The molecule has 0 saturated heterocycles. The average molecular weight is 202 g/mol. The monoisotopic (exact) mass is 202 g/mol. The van der Waals surface area contributed by atoms with Crippen molar-refractivity contribution in [3.63, 3.8) is 0 Å². The Morgan fingerprint density at radius 1 is 1.07 bits per heavy atom. The van der Waals surface area contributed by atoms with E-state index in [1.807, 2.05) is 6.08 Å². The third kappa shape index (κ3) is 1.49. The summed E-state index contributed by atoms with van der Waals surface area (Å²) in [5.74, 6) is 3.54. The summed E-state index contributed by atoms with van der Waals surface area (Å²) in [6.45, 7) is 3.55. The van der Waals surface area contributed by atoms with Gasteiger partial charge in [-0.15, -0.1) is 0 Å². The fourth-order valence-corrected chi connectivity index (χ4v) is 4.19. The second-order valence-electron chi connectivity index (χ2n) is 5.56. The fourth-order valence-electron chi connectivity index (χ4n) is 4.19. The third-order valence-corrected chi connectivity index (χ3v) is 4.59. The highest BCUT2D eigenvalue weighted by Crippen LogP contribution is 2.56. The standard InChI is InChI=1S/C14H18O/c1-2-13(15)8-14-11-4-9-3-10(6-11)7-12(14)5-9/h2,8-12H,1,3-7H2. The van der Waals surface area contributed by atoms with Gasteiger partial charge in [-0.1, -0.05) is 12.2 Å². The zero-order valence-corrected chi connectivity index (χ0v) is 9.11. The Morgan fingerprint density at radius 3 is 2.07 bits per heavy atom. The van der Waals surface area contributed by atoms with Gasteiger partial charge >= 0.3 is 0 Å². The Labute approximate surface area is 91.2 Å². The van der Waals surface area contributed by atoms with Gasteiger partial charge in [-0.2, -0.15) is 0 Å². The molecule has 4 saturated carbocycles. The largest absolute Gasteiger partial charge is 0.290 e. The minimum atomic E-state index is 0.109. The van der Waals surface area contributed by atoms with E-state index in [4.69, 9.17) is 0 Å². The smallest absolute Gasteiger partial charge is 0.178 e. The molecule has 1 heteroatoms. The van der Waals surface area contributed by atoms with Gasteiger partial charge in [-0.05, 0) is 67.9 Å². The molecular weight excluding hydrogens is 184 g/mol. The summed E-state index contributed by atoms with van der Waals surface area (Å²) < 4.78 is 0. The number of hydrogen-bond donors (Lipinski definition) is 0. The van der Waals surface area contributed by atoms with Crippen molar-refractivity contribution in [2.75, 3.05) is 0 Å². The molecule has 0 unspecified atom stereocenters. The second-order valence-corrected chi connectivity index (χ2v) is 5.56. The number of carbonyl (C=O) groups excluding carboxylic acids is 1. The number of ketones is 1. The summed E-state index contributed by atoms with van der Waals surface area (Å²) in [7, 11) is 0. The van der Waals surface area contributed by atoms with E-state index in [9.17, 15) is 4.79 Å². The number of rotatable bonds is 2. The maximum atomic E-state index is 11.4. The molecule has 4 aliphatic carbocycles. The lowest BCUT2D eigenvalue weighted by Gasteiger charge is -2.51. The third-order valence-electron chi connectivity index (χ3n) is 4.59. The van der Waals surface area contributed by atoms with Crippen LogP contribution in [0.2, 0.25) is 0 Å². The zero-order valence-electron chi connectivity index (χ0n) is 9.11. The highest BCUT2D eigenvalue weighted by Gasteiger charge is 2.44. The van der Waals surface area contributed by atoms with Gasteiger partial charge in [0.1, 0.15) is 0 Å². The number of carbonyl (C=O) groups is 1. The van der Waals surface area contributed by atoms with Crippen LogP contribution in [0.4, 0.5) is 0 Å². The van der Waals surface area contributed by atoms with E-state index in [1.54, 1.807) is 0 Å². The molecule has 0 spiro atoms. The molecule has 0 aliphatic heterocycles. The van der Waals surface area contributed by atoms with Crippen LogP contribution in [-0.4, -0.2) is 5.78 Å². The second kappa shape index (κ2) is 3.33. The number of allylic oxidation sites excluding steroid dienone is 3. The molecule has 0 aromatic rings. The normalized spacial score (nSPS) is 41.7. The first-order chi connectivity index (χ1) is 7.26. The molecule has 0 aromatic carbocycles. The van der Waals surface area contributed by atoms with Crippen LogP contribution in [0.15, 0.2) is 24.3 Å². The van der Waals surface area contributed by atoms with Gasteiger partial charge in [0, 0.05) is 0 Å². The van der Waals surface area contributed by atoms with Gasteiger partial charge in [0.2, 0.25) is 0 Å². The van der Waals surface area contributed by atoms with Gasteiger partial charge in [0.25, 0.3) is 0 Å². The first-order valence-corrected chi connectivity index (χ1v) is 6.14. The van der Waals surface area contributed by atoms with E-state index in [1.165, 1.54) is 43.8 Å². The van der Waals surface area contributed by atoms with E-state index in [0.29, 0.717) is 0 Å². The van der Waals surface area contributed by atoms with E-state index in [0.717, 1.165) is 23.7 Å². The topological polar surface area (TPSA) is 17.1 Å². The molecule has 0 radical (unpaired) electrons. The SMILES string of the molecule is C=CC(=O)C=C1C2CC3CC(C2)CC1C3. The molecule has 0 heterocycles.